The number of thioether (sulfide) groups is 1. The van der Waals surface area contributed by atoms with Crippen LogP contribution >= 0.6 is 11.8 Å². The Bertz CT molecular complexity index is 760. The molecular weight excluding hydrogens is 368 g/mol. The predicted octanol–water partition coefficient (Wildman–Crippen LogP) is 4.28. The molecule has 150 valence electrons. The number of hydrogen-bond acceptors (Lipinski definition) is 3. The van der Waals surface area contributed by atoms with E-state index in [1.807, 2.05) is 61.5 Å². The molecule has 1 atom stereocenters. The number of nitrogens with zero attached hydrogens (tertiary/aromatic N) is 1. The van der Waals surface area contributed by atoms with Gasteiger partial charge in [0, 0.05) is 18.0 Å². The summed E-state index contributed by atoms with van der Waals surface area (Å²) in [5, 5.41) is 2.95. The lowest BCUT2D eigenvalue weighted by Crippen LogP contribution is -2.48. The van der Waals surface area contributed by atoms with E-state index in [9.17, 15) is 9.59 Å². The third-order valence-corrected chi connectivity index (χ3v) is 5.43. The zero-order valence-electron chi connectivity index (χ0n) is 17.1. The summed E-state index contributed by atoms with van der Waals surface area (Å²) in [6.07, 6.45) is 0. The minimum absolute atomic E-state index is 0.0402. The normalized spacial score (nSPS) is 11.9. The maximum Gasteiger partial charge on any atom is 0.242 e. The number of aryl methyl sites for hydroxylation is 1. The van der Waals surface area contributed by atoms with Crippen LogP contribution in [-0.4, -0.2) is 35.1 Å². The molecule has 5 heteroatoms. The highest BCUT2D eigenvalue weighted by molar-refractivity contribution is 8.00. The highest BCUT2D eigenvalue weighted by Crippen LogP contribution is 2.19. The molecule has 1 N–H and O–H groups in total. The lowest BCUT2D eigenvalue weighted by molar-refractivity contribution is -0.138. The monoisotopic (exact) mass is 398 g/mol. The van der Waals surface area contributed by atoms with Gasteiger partial charge in [0.1, 0.15) is 6.04 Å². The van der Waals surface area contributed by atoms with E-state index in [-0.39, 0.29) is 11.8 Å². The molecule has 2 rings (SSSR count). The van der Waals surface area contributed by atoms with Gasteiger partial charge in [-0.15, -0.1) is 11.8 Å². The van der Waals surface area contributed by atoms with E-state index in [1.54, 1.807) is 11.8 Å². The topological polar surface area (TPSA) is 49.4 Å². The number of carbonyl (C=O) groups is 2. The van der Waals surface area contributed by atoms with Crippen LogP contribution in [-0.2, 0) is 16.1 Å². The Morgan fingerprint density at radius 2 is 1.64 bits per heavy atom. The largest absolute Gasteiger partial charge is 0.354 e. The van der Waals surface area contributed by atoms with Crippen molar-refractivity contribution in [3.63, 3.8) is 0 Å². The van der Waals surface area contributed by atoms with Crippen LogP contribution in [0.2, 0.25) is 0 Å². The van der Waals surface area contributed by atoms with Gasteiger partial charge in [-0.05, 0) is 37.5 Å². The predicted molar refractivity (Wildman–Crippen MR) is 116 cm³/mol. The first kappa shape index (κ1) is 22.0. The van der Waals surface area contributed by atoms with E-state index in [0.29, 0.717) is 24.8 Å². The number of benzene rings is 2. The molecule has 2 aromatic rings. The summed E-state index contributed by atoms with van der Waals surface area (Å²) < 4.78 is 0. The molecule has 2 aromatic carbocycles. The van der Waals surface area contributed by atoms with Crippen LogP contribution in [0.5, 0.6) is 0 Å². The average Bonchev–Trinajstić information content (AvgIpc) is 2.70. The maximum atomic E-state index is 13.0. The SMILES string of the molecule is Cc1ccc(CN(C(=O)CSc2ccccc2)[C@H](C)C(=O)NCC(C)C)cc1. The van der Waals surface area contributed by atoms with Crippen molar-refractivity contribution in [2.24, 2.45) is 5.92 Å². The maximum absolute atomic E-state index is 13.0. The van der Waals surface area contributed by atoms with Gasteiger partial charge in [0.15, 0.2) is 0 Å². The second-order valence-electron chi connectivity index (χ2n) is 7.42. The molecule has 28 heavy (non-hydrogen) atoms. The van der Waals surface area contributed by atoms with Gasteiger partial charge >= 0.3 is 0 Å². The molecule has 0 radical (unpaired) electrons. The van der Waals surface area contributed by atoms with Crippen LogP contribution in [0.3, 0.4) is 0 Å². The minimum atomic E-state index is -0.524. The quantitative estimate of drug-likeness (QED) is 0.642. The van der Waals surface area contributed by atoms with Crippen molar-refractivity contribution in [2.75, 3.05) is 12.3 Å². The fourth-order valence-corrected chi connectivity index (χ4v) is 3.48. The second-order valence-corrected chi connectivity index (χ2v) is 8.47. The number of hydrogen-bond donors (Lipinski definition) is 1. The summed E-state index contributed by atoms with van der Waals surface area (Å²) in [6, 6.07) is 17.4. The first-order valence-corrected chi connectivity index (χ1v) is 10.7. The molecule has 0 aliphatic carbocycles. The summed E-state index contributed by atoms with van der Waals surface area (Å²) in [7, 11) is 0. The number of carbonyl (C=O) groups excluding carboxylic acids is 2. The Hall–Kier alpha value is -2.27. The number of nitrogens with one attached hydrogen (secondary N) is 1. The van der Waals surface area contributed by atoms with Crippen LogP contribution in [0.15, 0.2) is 59.5 Å². The molecule has 0 fully saturated rings. The summed E-state index contributed by atoms with van der Waals surface area (Å²) >= 11 is 1.49. The Balaban J connectivity index is 2.10. The van der Waals surface area contributed by atoms with Crippen molar-refractivity contribution in [3.8, 4) is 0 Å². The van der Waals surface area contributed by atoms with Crippen molar-refractivity contribution < 1.29 is 9.59 Å². The fraction of sp³-hybridized carbons (Fsp3) is 0.391. The average molecular weight is 399 g/mol. The van der Waals surface area contributed by atoms with Crippen LogP contribution in [0.25, 0.3) is 0 Å². The van der Waals surface area contributed by atoms with Crippen LogP contribution in [0.4, 0.5) is 0 Å². The van der Waals surface area contributed by atoms with Gasteiger partial charge in [0.05, 0.1) is 5.75 Å². The van der Waals surface area contributed by atoms with E-state index < -0.39 is 6.04 Å². The molecule has 0 bridgehead atoms. The molecule has 0 saturated heterocycles. The summed E-state index contributed by atoms with van der Waals surface area (Å²) in [6.45, 7) is 8.96. The van der Waals surface area contributed by atoms with Crippen molar-refractivity contribution in [1.29, 1.82) is 0 Å². The first-order chi connectivity index (χ1) is 13.4. The number of rotatable bonds is 9. The Kier molecular flexibility index (Phi) is 8.58. The van der Waals surface area contributed by atoms with Crippen molar-refractivity contribution >= 4 is 23.6 Å². The van der Waals surface area contributed by atoms with Gasteiger partial charge < -0.3 is 10.2 Å². The zero-order chi connectivity index (χ0) is 20.5. The summed E-state index contributed by atoms with van der Waals surface area (Å²) in [4.78, 5) is 28.3. The molecule has 0 aliphatic heterocycles. The number of amides is 2. The molecule has 2 amide bonds. The molecule has 4 nitrogen and oxygen atoms in total. The van der Waals surface area contributed by atoms with Gasteiger partial charge in [0.25, 0.3) is 0 Å². The van der Waals surface area contributed by atoms with Crippen LogP contribution in [0.1, 0.15) is 31.9 Å². The van der Waals surface area contributed by atoms with Crippen molar-refractivity contribution in [1.82, 2.24) is 10.2 Å². The highest BCUT2D eigenvalue weighted by Gasteiger charge is 2.26. The van der Waals surface area contributed by atoms with E-state index in [2.05, 4.69) is 19.2 Å². The lowest BCUT2D eigenvalue weighted by atomic mass is 10.1. The second kappa shape index (κ2) is 10.9. The summed E-state index contributed by atoms with van der Waals surface area (Å²) in [5.41, 5.74) is 2.19. The first-order valence-electron chi connectivity index (χ1n) is 9.67. The molecular formula is C23H30N2O2S. The molecule has 0 heterocycles. The Morgan fingerprint density at radius 1 is 1.00 bits per heavy atom. The van der Waals surface area contributed by atoms with Gasteiger partial charge in [-0.2, -0.15) is 0 Å². The van der Waals surface area contributed by atoms with E-state index in [0.717, 1.165) is 10.5 Å². The minimum Gasteiger partial charge on any atom is -0.354 e. The van der Waals surface area contributed by atoms with Gasteiger partial charge in [-0.25, -0.2) is 0 Å². The van der Waals surface area contributed by atoms with Gasteiger partial charge in [-0.3, -0.25) is 9.59 Å². The Morgan fingerprint density at radius 3 is 2.25 bits per heavy atom. The molecule has 0 unspecified atom stereocenters. The van der Waals surface area contributed by atoms with Crippen molar-refractivity contribution in [2.45, 2.75) is 45.2 Å². The Labute approximate surface area is 172 Å². The summed E-state index contributed by atoms with van der Waals surface area (Å²) in [5.74, 6) is 0.518. The standard InChI is InChI=1S/C23H30N2O2S/c1-17(2)14-24-23(27)19(4)25(15-20-12-10-18(3)11-13-20)22(26)16-28-21-8-6-5-7-9-21/h5-13,17,19H,14-16H2,1-4H3,(H,24,27)/t19-/m1/s1. The zero-order valence-corrected chi connectivity index (χ0v) is 18.0. The van der Waals surface area contributed by atoms with Gasteiger partial charge in [0.2, 0.25) is 11.8 Å². The van der Waals surface area contributed by atoms with Crippen LogP contribution in [0, 0.1) is 12.8 Å². The smallest absolute Gasteiger partial charge is 0.242 e. The molecule has 0 aliphatic rings. The van der Waals surface area contributed by atoms with E-state index in [1.165, 1.54) is 17.3 Å². The van der Waals surface area contributed by atoms with Gasteiger partial charge in [-0.1, -0.05) is 61.9 Å². The molecule has 0 saturated carbocycles. The van der Waals surface area contributed by atoms with E-state index >= 15 is 0 Å². The third-order valence-electron chi connectivity index (χ3n) is 4.43. The molecule has 0 spiro atoms. The molecule has 0 aromatic heterocycles. The van der Waals surface area contributed by atoms with E-state index in [4.69, 9.17) is 0 Å². The lowest BCUT2D eigenvalue weighted by Gasteiger charge is -2.29. The van der Waals surface area contributed by atoms with Crippen molar-refractivity contribution in [3.05, 3.63) is 65.7 Å². The fourth-order valence-electron chi connectivity index (χ4n) is 2.67. The third kappa shape index (κ3) is 7.04. The highest BCUT2D eigenvalue weighted by atomic mass is 32.2. The van der Waals surface area contributed by atoms with Crippen LogP contribution < -0.4 is 5.32 Å².